The van der Waals surface area contributed by atoms with E-state index >= 15 is 0 Å². The lowest BCUT2D eigenvalue weighted by Crippen LogP contribution is -2.24. The number of rotatable bonds is 18. The molecular formula is C24H36N2O8. The lowest BCUT2D eigenvalue weighted by Gasteiger charge is -2.11. The molecule has 0 atom stereocenters. The summed E-state index contributed by atoms with van der Waals surface area (Å²) in [6.45, 7) is 4.34. The number of carbonyl (C=O) groups excluding carboxylic acids is 2. The molecule has 0 spiro atoms. The molecule has 0 unspecified atom stereocenters. The minimum Gasteiger partial charge on any atom is -0.476 e. The highest BCUT2D eigenvalue weighted by atomic mass is 16.5. The molecule has 1 heterocycles. The van der Waals surface area contributed by atoms with Gasteiger partial charge in [0.2, 0.25) is 0 Å². The number of ether oxygens (including phenoxy) is 2. The van der Waals surface area contributed by atoms with Gasteiger partial charge in [-0.2, -0.15) is 0 Å². The van der Waals surface area contributed by atoms with Gasteiger partial charge < -0.3 is 19.7 Å². The monoisotopic (exact) mass is 480 g/mol. The molecule has 0 saturated carbocycles. The molecule has 0 aliphatic heterocycles. The Morgan fingerprint density at radius 1 is 0.559 bits per heavy atom. The number of nitrogens with zero attached hydrogens (tertiary/aromatic N) is 2. The average molecular weight is 481 g/mol. The van der Waals surface area contributed by atoms with Crippen LogP contribution in [0.3, 0.4) is 0 Å². The van der Waals surface area contributed by atoms with Gasteiger partial charge in [-0.05, 0) is 12.8 Å². The molecule has 190 valence electrons. The minimum atomic E-state index is -1.69. The molecule has 10 nitrogen and oxygen atoms in total. The molecule has 0 aliphatic rings. The first-order valence-electron chi connectivity index (χ1n) is 12.1. The van der Waals surface area contributed by atoms with Crippen molar-refractivity contribution in [2.45, 2.75) is 90.9 Å². The van der Waals surface area contributed by atoms with Gasteiger partial charge >= 0.3 is 23.9 Å². The predicted octanol–water partition coefficient (Wildman–Crippen LogP) is 4.91. The highest BCUT2D eigenvalue weighted by Gasteiger charge is 2.30. The predicted molar refractivity (Wildman–Crippen MR) is 123 cm³/mol. The van der Waals surface area contributed by atoms with Crippen molar-refractivity contribution >= 4 is 23.9 Å². The van der Waals surface area contributed by atoms with E-state index in [9.17, 15) is 29.4 Å². The second-order valence-corrected chi connectivity index (χ2v) is 8.04. The molecule has 0 saturated heterocycles. The highest BCUT2D eigenvalue weighted by molar-refractivity contribution is 6.04. The van der Waals surface area contributed by atoms with Crippen molar-refractivity contribution in [2.75, 3.05) is 13.2 Å². The highest BCUT2D eigenvalue weighted by Crippen LogP contribution is 2.15. The quantitative estimate of drug-likeness (QED) is 0.219. The first-order chi connectivity index (χ1) is 16.3. The number of carboxylic acids is 2. The van der Waals surface area contributed by atoms with Gasteiger partial charge in [0, 0.05) is 0 Å². The normalized spacial score (nSPS) is 10.6. The lowest BCUT2D eigenvalue weighted by atomic mass is 10.1. The third kappa shape index (κ3) is 10.3. The molecule has 10 heteroatoms. The summed E-state index contributed by atoms with van der Waals surface area (Å²) in [5.41, 5.74) is -3.24. The van der Waals surface area contributed by atoms with Crippen LogP contribution in [0.2, 0.25) is 0 Å². The Bertz CT molecular complexity index is 758. The second kappa shape index (κ2) is 16.6. The second-order valence-electron chi connectivity index (χ2n) is 8.04. The van der Waals surface area contributed by atoms with Crippen LogP contribution in [0.5, 0.6) is 0 Å². The van der Waals surface area contributed by atoms with Crippen LogP contribution in [-0.2, 0) is 9.47 Å². The standard InChI is InChI=1S/C24H36N2O8/c1-3-5-7-9-11-13-15-33-23(31)19-20(24(32)34-16-14-12-10-8-6-4-2)26-18(22(29)30)17(25-19)21(27)28/h3-16H2,1-2H3,(H,27,28)(H,29,30). The molecule has 0 aliphatic carbocycles. The van der Waals surface area contributed by atoms with Crippen LogP contribution in [0.1, 0.15) is 133 Å². The Balaban J connectivity index is 2.90. The summed E-state index contributed by atoms with van der Waals surface area (Å²) in [5.74, 6) is -5.48. The van der Waals surface area contributed by atoms with Gasteiger partial charge in [0.25, 0.3) is 0 Å². The minimum absolute atomic E-state index is 0.0575. The van der Waals surface area contributed by atoms with Crippen molar-refractivity contribution in [1.29, 1.82) is 0 Å². The summed E-state index contributed by atoms with van der Waals surface area (Å²) >= 11 is 0. The van der Waals surface area contributed by atoms with Crippen molar-refractivity contribution in [3.05, 3.63) is 22.8 Å². The van der Waals surface area contributed by atoms with Crippen molar-refractivity contribution in [1.82, 2.24) is 9.97 Å². The molecular weight excluding hydrogens is 444 g/mol. The van der Waals surface area contributed by atoms with Gasteiger partial charge in [0.15, 0.2) is 22.8 Å². The number of aromatic nitrogens is 2. The molecule has 0 bridgehead atoms. The molecule has 34 heavy (non-hydrogen) atoms. The van der Waals surface area contributed by atoms with Crippen LogP contribution in [0.25, 0.3) is 0 Å². The van der Waals surface area contributed by atoms with E-state index in [1.807, 2.05) is 0 Å². The Labute approximate surface area is 200 Å². The maximum atomic E-state index is 12.6. The zero-order valence-corrected chi connectivity index (χ0v) is 20.1. The molecule has 0 amide bonds. The van der Waals surface area contributed by atoms with Crippen LogP contribution >= 0.6 is 0 Å². The van der Waals surface area contributed by atoms with Crippen molar-refractivity contribution in [3.8, 4) is 0 Å². The van der Waals surface area contributed by atoms with E-state index in [2.05, 4.69) is 23.8 Å². The van der Waals surface area contributed by atoms with E-state index in [1.54, 1.807) is 0 Å². The van der Waals surface area contributed by atoms with Crippen LogP contribution in [0, 0.1) is 0 Å². The van der Waals surface area contributed by atoms with Crippen LogP contribution in [0.4, 0.5) is 0 Å². The number of hydrogen-bond donors (Lipinski definition) is 2. The number of unbranched alkanes of at least 4 members (excludes halogenated alkanes) is 10. The number of esters is 2. The summed E-state index contributed by atoms with van der Waals surface area (Å²) in [4.78, 5) is 55.3. The SMILES string of the molecule is CCCCCCCCOC(=O)c1nc(C(=O)O)c(C(=O)O)nc1C(=O)OCCCCCCCC. The maximum Gasteiger partial charge on any atom is 0.359 e. The Kier molecular flexibility index (Phi) is 14.1. The fraction of sp³-hybridized carbons (Fsp3) is 0.667. The number of hydrogen-bond acceptors (Lipinski definition) is 8. The zero-order chi connectivity index (χ0) is 25.3. The summed E-state index contributed by atoms with van der Waals surface area (Å²) < 4.78 is 10.3. The molecule has 0 aromatic carbocycles. The summed E-state index contributed by atoms with van der Waals surface area (Å²) in [6.07, 6.45) is 11.6. The van der Waals surface area contributed by atoms with Crippen LogP contribution in [-0.4, -0.2) is 57.3 Å². The van der Waals surface area contributed by atoms with E-state index in [1.165, 1.54) is 0 Å². The van der Waals surface area contributed by atoms with Crippen molar-refractivity contribution in [2.24, 2.45) is 0 Å². The molecule has 1 aromatic rings. The van der Waals surface area contributed by atoms with E-state index in [0.29, 0.717) is 12.8 Å². The fourth-order valence-corrected chi connectivity index (χ4v) is 3.25. The molecule has 1 aromatic heterocycles. The third-order valence-electron chi connectivity index (χ3n) is 5.15. The number of aromatic carboxylic acids is 2. The van der Waals surface area contributed by atoms with Crippen molar-refractivity contribution in [3.63, 3.8) is 0 Å². The van der Waals surface area contributed by atoms with E-state index in [-0.39, 0.29) is 13.2 Å². The Morgan fingerprint density at radius 3 is 1.21 bits per heavy atom. The van der Waals surface area contributed by atoms with Gasteiger partial charge in [-0.3, -0.25) is 0 Å². The van der Waals surface area contributed by atoms with Gasteiger partial charge in [-0.1, -0.05) is 78.1 Å². The van der Waals surface area contributed by atoms with Crippen LogP contribution in [0.15, 0.2) is 0 Å². The van der Waals surface area contributed by atoms with Gasteiger partial charge in [0.1, 0.15) is 0 Å². The van der Waals surface area contributed by atoms with Crippen molar-refractivity contribution < 1.29 is 38.9 Å². The fourth-order valence-electron chi connectivity index (χ4n) is 3.25. The Hall–Kier alpha value is -3.04. The smallest absolute Gasteiger partial charge is 0.359 e. The molecule has 2 N–H and O–H groups in total. The molecule has 0 fully saturated rings. The van der Waals surface area contributed by atoms with Gasteiger partial charge in [-0.25, -0.2) is 29.1 Å². The van der Waals surface area contributed by atoms with Crippen LogP contribution < -0.4 is 0 Å². The topological polar surface area (TPSA) is 153 Å². The number of carbonyl (C=O) groups is 4. The average Bonchev–Trinajstić information content (AvgIpc) is 2.81. The summed E-state index contributed by atoms with van der Waals surface area (Å²) in [7, 11) is 0. The molecule has 0 radical (unpaired) electrons. The van der Waals surface area contributed by atoms with E-state index in [0.717, 1.165) is 64.2 Å². The van der Waals surface area contributed by atoms with E-state index < -0.39 is 46.7 Å². The first-order valence-corrected chi connectivity index (χ1v) is 12.1. The Morgan fingerprint density at radius 2 is 0.882 bits per heavy atom. The third-order valence-corrected chi connectivity index (χ3v) is 5.15. The largest absolute Gasteiger partial charge is 0.476 e. The molecule has 1 rings (SSSR count). The zero-order valence-electron chi connectivity index (χ0n) is 20.1. The lowest BCUT2D eigenvalue weighted by molar-refractivity contribution is 0.0435. The summed E-state index contributed by atoms with van der Waals surface area (Å²) in [6, 6.07) is 0. The maximum absolute atomic E-state index is 12.6. The van der Waals surface area contributed by atoms with E-state index in [4.69, 9.17) is 9.47 Å². The summed E-state index contributed by atoms with van der Waals surface area (Å²) in [5, 5.41) is 18.6. The van der Waals surface area contributed by atoms with Gasteiger partial charge in [0.05, 0.1) is 13.2 Å². The first kappa shape index (κ1) is 29.0. The number of carboxylic acid groups (broad SMARTS) is 2. The van der Waals surface area contributed by atoms with Gasteiger partial charge in [-0.15, -0.1) is 0 Å².